The first-order valence-corrected chi connectivity index (χ1v) is 4.98. The first kappa shape index (κ1) is 12.2. The number of nitrogens with two attached hydrogens (primary N) is 1. The number of nitrogen functional groups attached to an aromatic ring is 1. The van der Waals surface area contributed by atoms with Crippen LogP contribution in [0.1, 0.15) is 20.7 Å². The quantitative estimate of drug-likeness (QED) is 0.273. The van der Waals surface area contributed by atoms with Gasteiger partial charge in [0.25, 0.3) is 5.60 Å². The van der Waals surface area contributed by atoms with Gasteiger partial charge >= 0.3 is 5.97 Å². The lowest BCUT2D eigenvalue weighted by Gasteiger charge is -2.15. The molecule has 2 rings (SSSR count). The second-order valence-electron chi connectivity index (χ2n) is 3.73. The van der Waals surface area contributed by atoms with E-state index in [9.17, 15) is 19.5 Å². The van der Waals surface area contributed by atoms with Gasteiger partial charge in [0, 0.05) is 5.56 Å². The van der Waals surface area contributed by atoms with Crippen LogP contribution in [0.15, 0.2) is 18.2 Å². The number of ketones is 2. The normalized spacial score (nSPS) is 21.7. The summed E-state index contributed by atoms with van der Waals surface area (Å²) in [6, 6.07) is 4.26. The molecule has 1 aromatic rings. The number of esters is 1. The molecule has 18 heavy (non-hydrogen) atoms. The minimum absolute atomic E-state index is 0.0663. The van der Waals surface area contributed by atoms with Crippen LogP contribution in [0.25, 0.3) is 0 Å². The van der Waals surface area contributed by atoms with E-state index in [2.05, 4.69) is 10.2 Å². The molecule has 0 heterocycles. The van der Waals surface area contributed by atoms with Gasteiger partial charge in [-0.15, -0.1) is 0 Å². The van der Waals surface area contributed by atoms with E-state index in [-0.39, 0.29) is 16.8 Å². The minimum Gasteiger partial charge on any atom is -0.466 e. The molecule has 0 amide bonds. The Morgan fingerprint density at radius 2 is 2.06 bits per heavy atom. The number of benzene rings is 1. The van der Waals surface area contributed by atoms with Gasteiger partial charge in [0.2, 0.25) is 11.6 Å². The molecule has 7 nitrogen and oxygen atoms in total. The highest BCUT2D eigenvalue weighted by atomic mass is 16.5. The number of hydrazine groups is 1. The largest absolute Gasteiger partial charge is 0.466 e. The van der Waals surface area contributed by atoms with Gasteiger partial charge in [-0.1, -0.05) is 12.1 Å². The summed E-state index contributed by atoms with van der Waals surface area (Å²) in [5.41, 5.74) is -0.600. The zero-order valence-electron chi connectivity index (χ0n) is 9.39. The van der Waals surface area contributed by atoms with E-state index in [0.29, 0.717) is 0 Å². The topological polar surface area (TPSA) is 119 Å². The number of Topliss-reactive ketones (excluding diaryl/α,β-unsaturated/α-hetero) is 2. The number of fused-ring (bicyclic) bond motifs is 1. The summed E-state index contributed by atoms with van der Waals surface area (Å²) < 4.78 is 4.30. The van der Waals surface area contributed by atoms with Crippen LogP contribution in [0.5, 0.6) is 0 Å². The molecule has 1 aliphatic carbocycles. The molecule has 1 unspecified atom stereocenters. The monoisotopic (exact) mass is 250 g/mol. The highest BCUT2D eigenvalue weighted by molar-refractivity contribution is 6.42. The molecule has 0 fully saturated rings. The first-order valence-electron chi connectivity index (χ1n) is 4.98. The maximum atomic E-state index is 12.0. The van der Waals surface area contributed by atoms with Crippen LogP contribution >= 0.6 is 0 Å². The SMILES string of the molecule is COC(=O)C1(O)C(=O)c2cccc(NN)c2C1=O. The van der Waals surface area contributed by atoms with Gasteiger partial charge in [0.1, 0.15) is 0 Å². The van der Waals surface area contributed by atoms with Crippen molar-refractivity contribution in [3.8, 4) is 0 Å². The van der Waals surface area contributed by atoms with E-state index in [1.165, 1.54) is 18.2 Å². The third-order valence-corrected chi connectivity index (χ3v) is 2.83. The number of anilines is 1. The van der Waals surface area contributed by atoms with E-state index >= 15 is 0 Å². The summed E-state index contributed by atoms with van der Waals surface area (Å²) in [5.74, 6) is 1.86. The molecular weight excluding hydrogens is 240 g/mol. The van der Waals surface area contributed by atoms with E-state index in [4.69, 9.17) is 5.84 Å². The molecule has 0 saturated heterocycles. The molecule has 0 bridgehead atoms. The Morgan fingerprint density at radius 1 is 1.39 bits per heavy atom. The fourth-order valence-corrected chi connectivity index (χ4v) is 1.92. The smallest absolute Gasteiger partial charge is 0.354 e. The molecule has 1 aromatic carbocycles. The van der Waals surface area contributed by atoms with E-state index < -0.39 is 23.1 Å². The van der Waals surface area contributed by atoms with Crippen LogP contribution in [0, 0.1) is 0 Å². The fourth-order valence-electron chi connectivity index (χ4n) is 1.92. The Morgan fingerprint density at radius 3 is 2.61 bits per heavy atom. The average molecular weight is 250 g/mol. The first-order chi connectivity index (χ1) is 8.48. The summed E-state index contributed by atoms with van der Waals surface area (Å²) >= 11 is 0. The zero-order chi connectivity index (χ0) is 13.5. The maximum Gasteiger partial charge on any atom is 0.354 e. The number of carbonyl (C=O) groups excluding carboxylic acids is 3. The van der Waals surface area contributed by atoms with Crippen LogP contribution in [0.3, 0.4) is 0 Å². The van der Waals surface area contributed by atoms with Gasteiger partial charge in [-0.25, -0.2) is 4.79 Å². The summed E-state index contributed by atoms with van der Waals surface area (Å²) in [5, 5.41) is 10.00. The van der Waals surface area contributed by atoms with Crippen LogP contribution in [0.2, 0.25) is 0 Å². The number of hydrogen-bond acceptors (Lipinski definition) is 7. The number of methoxy groups -OCH3 is 1. The van der Waals surface area contributed by atoms with Crippen molar-refractivity contribution in [1.82, 2.24) is 0 Å². The van der Waals surface area contributed by atoms with Gasteiger partial charge in [-0.05, 0) is 6.07 Å². The lowest BCUT2D eigenvalue weighted by atomic mass is 9.98. The van der Waals surface area contributed by atoms with Crippen molar-refractivity contribution in [2.45, 2.75) is 5.60 Å². The maximum absolute atomic E-state index is 12.0. The van der Waals surface area contributed by atoms with Crippen molar-refractivity contribution in [3.05, 3.63) is 29.3 Å². The average Bonchev–Trinajstić information content (AvgIpc) is 2.61. The summed E-state index contributed by atoms with van der Waals surface area (Å²) in [6.45, 7) is 0. The Labute approximate surface area is 102 Å². The lowest BCUT2D eigenvalue weighted by Crippen LogP contribution is -2.49. The standard InChI is InChI=1S/C11H10N2O5/c1-18-10(16)11(17)8(14)5-3-2-4-6(13-12)7(5)9(11)15/h2-4,13,17H,12H2,1H3. The number of ether oxygens (including phenoxy) is 1. The molecule has 0 spiro atoms. The molecule has 4 N–H and O–H groups in total. The second-order valence-corrected chi connectivity index (χ2v) is 3.73. The second kappa shape index (κ2) is 3.90. The Kier molecular flexibility index (Phi) is 2.64. The van der Waals surface area contributed by atoms with E-state index in [1.807, 2.05) is 0 Å². The summed E-state index contributed by atoms with van der Waals surface area (Å²) in [4.78, 5) is 35.5. The molecule has 1 aliphatic rings. The van der Waals surface area contributed by atoms with Gasteiger partial charge < -0.3 is 15.3 Å². The van der Waals surface area contributed by atoms with Crippen molar-refractivity contribution in [3.63, 3.8) is 0 Å². The third-order valence-electron chi connectivity index (χ3n) is 2.83. The number of rotatable bonds is 2. The predicted octanol–water partition coefficient (Wildman–Crippen LogP) is -0.745. The van der Waals surface area contributed by atoms with Gasteiger partial charge in [0.05, 0.1) is 18.4 Å². The molecule has 94 valence electrons. The Bertz CT molecular complexity index is 569. The van der Waals surface area contributed by atoms with Crippen molar-refractivity contribution < 1.29 is 24.2 Å². The van der Waals surface area contributed by atoms with Crippen LogP contribution < -0.4 is 11.3 Å². The molecule has 0 aliphatic heterocycles. The highest BCUT2D eigenvalue weighted by Gasteiger charge is 2.59. The van der Waals surface area contributed by atoms with Crippen molar-refractivity contribution >= 4 is 23.2 Å². The third kappa shape index (κ3) is 1.28. The number of aliphatic hydroxyl groups is 1. The molecule has 0 radical (unpaired) electrons. The van der Waals surface area contributed by atoms with Crippen molar-refractivity contribution in [1.29, 1.82) is 0 Å². The zero-order valence-corrected chi connectivity index (χ0v) is 9.39. The summed E-state index contributed by atoms with van der Waals surface area (Å²) in [7, 11) is 0.978. The van der Waals surface area contributed by atoms with Crippen LogP contribution in [0.4, 0.5) is 5.69 Å². The molecular formula is C11H10N2O5. The predicted molar refractivity (Wildman–Crippen MR) is 59.9 cm³/mol. The Hall–Kier alpha value is -2.25. The van der Waals surface area contributed by atoms with Crippen LogP contribution in [-0.4, -0.2) is 35.4 Å². The van der Waals surface area contributed by atoms with Crippen LogP contribution in [-0.2, 0) is 9.53 Å². The minimum atomic E-state index is -2.82. The lowest BCUT2D eigenvalue weighted by molar-refractivity contribution is -0.152. The van der Waals surface area contributed by atoms with Crippen molar-refractivity contribution in [2.75, 3.05) is 12.5 Å². The van der Waals surface area contributed by atoms with Gasteiger partial charge in [-0.2, -0.15) is 0 Å². The number of hydrogen-bond donors (Lipinski definition) is 3. The molecule has 1 atom stereocenters. The van der Waals surface area contributed by atoms with Gasteiger partial charge in [0.15, 0.2) is 0 Å². The highest BCUT2D eigenvalue weighted by Crippen LogP contribution is 2.35. The molecule has 7 heteroatoms. The van der Waals surface area contributed by atoms with Crippen molar-refractivity contribution in [2.24, 2.45) is 5.84 Å². The van der Waals surface area contributed by atoms with E-state index in [1.54, 1.807) is 0 Å². The number of nitrogens with one attached hydrogen (secondary N) is 1. The fraction of sp³-hybridized carbons (Fsp3) is 0.182. The summed E-state index contributed by atoms with van der Waals surface area (Å²) in [6.07, 6.45) is 0. The molecule has 0 aromatic heterocycles. The van der Waals surface area contributed by atoms with E-state index in [0.717, 1.165) is 7.11 Å². The Balaban J connectivity index is 2.68. The molecule has 0 saturated carbocycles. The number of carbonyl (C=O) groups is 3. The van der Waals surface area contributed by atoms with Gasteiger partial charge in [-0.3, -0.25) is 15.4 Å².